The molecule has 1 N–H and O–H groups in total. The zero-order valence-electron chi connectivity index (χ0n) is 15.3. The summed E-state index contributed by atoms with van der Waals surface area (Å²) in [6.07, 6.45) is 2.62. The average molecular weight is 380 g/mol. The third-order valence-electron chi connectivity index (χ3n) is 5.00. The summed E-state index contributed by atoms with van der Waals surface area (Å²) in [5, 5.41) is 2.95. The number of likely N-dealkylation sites (tertiary alicyclic amines) is 1. The lowest BCUT2D eigenvalue weighted by molar-refractivity contribution is -0.127. The Morgan fingerprint density at radius 3 is 2.79 bits per heavy atom. The number of halogens is 1. The van der Waals surface area contributed by atoms with Gasteiger partial charge in [0.2, 0.25) is 11.8 Å². The van der Waals surface area contributed by atoms with E-state index in [0.29, 0.717) is 25.9 Å². The van der Waals surface area contributed by atoms with Crippen LogP contribution in [0.4, 0.5) is 4.39 Å². The van der Waals surface area contributed by atoms with Crippen molar-refractivity contribution in [2.45, 2.75) is 25.4 Å². The molecule has 0 bridgehead atoms. The molecule has 2 amide bonds. The first-order chi connectivity index (χ1) is 13.6. The first kappa shape index (κ1) is 18.2. The number of imidazole rings is 1. The summed E-state index contributed by atoms with van der Waals surface area (Å²) in [5.41, 5.74) is 2.73. The lowest BCUT2D eigenvalue weighted by atomic mass is 10.1. The maximum atomic E-state index is 13.0. The predicted molar refractivity (Wildman–Crippen MR) is 103 cm³/mol. The molecule has 0 aliphatic carbocycles. The van der Waals surface area contributed by atoms with Gasteiger partial charge >= 0.3 is 0 Å². The van der Waals surface area contributed by atoms with Gasteiger partial charge in [0.1, 0.15) is 12.4 Å². The molecule has 4 rings (SSSR count). The molecule has 2 heterocycles. The smallest absolute Gasteiger partial charge is 0.240 e. The second-order valence-electron chi connectivity index (χ2n) is 7.05. The molecular weight excluding hydrogens is 359 g/mol. The Morgan fingerprint density at radius 1 is 1.18 bits per heavy atom. The molecular formula is C21H21FN4O2. The van der Waals surface area contributed by atoms with E-state index in [9.17, 15) is 14.0 Å². The molecule has 3 aromatic rings. The molecule has 0 spiro atoms. The number of rotatable bonds is 6. The molecule has 1 aromatic heterocycles. The van der Waals surface area contributed by atoms with Gasteiger partial charge in [0.15, 0.2) is 0 Å². The Kier molecular flexibility index (Phi) is 5.06. The molecule has 1 aliphatic rings. The Hall–Kier alpha value is -3.22. The number of nitrogens with zero attached hydrogens (tertiary/aromatic N) is 3. The molecule has 0 radical (unpaired) electrons. The first-order valence-corrected chi connectivity index (χ1v) is 9.30. The summed E-state index contributed by atoms with van der Waals surface area (Å²) < 4.78 is 14.8. The highest BCUT2D eigenvalue weighted by molar-refractivity contribution is 5.83. The monoisotopic (exact) mass is 380 g/mol. The van der Waals surface area contributed by atoms with E-state index in [1.54, 1.807) is 27.9 Å². The molecule has 2 aromatic carbocycles. The summed E-state index contributed by atoms with van der Waals surface area (Å²) in [6.45, 7) is 1.22. The van der Waals surface area contributed by atoms with Gasteiger partial charge in [-0.1, -0.05) is 24.3 Å². The average Bonchev–Trinajstić information content (AvgIpc) is 3.24. The van der Waals surface area contributed by atoms with Crippen LogP contribution in [0.3, 0.4) is 0 Å². The Morgan fingerprint density at radius 2 is 1.96 bits per heavy atom. The Labute approximate surface area is 162 Å². The maximum Gasteiger partial charge on any atom is 0.240 e. The minimum atomic E-state index is -0.269. The van der Waals surface area contributed by atoms with Crippen LogP contribution in [0.2, 0.25) is 0 Å². The first-order valence-electron chi connectivity index (χ1n) is 9.30. The second kappa shape index (κ2) is 7.80. The third-order valence-corrected chi connectivity index (χ3v) is 5.00. The van der Waals surface area contributed by atoms with Gasteiger partial charge in [-0.05, 0) is 36.2 Å². The Balaban J connectivity index is 1.30. The van der Waals surface area contributed by atoms with Gasteiger partial charge in [0.25, 0.3) is 0 Å². The minimum absolute atomic E-state index is 0.0282. The molecule has 1 atom stereocenters. The van der Waals surface area contributed by atoms with Crippen molar-refractivity contribution in [1.29, 1.82) is 0 Å². The minimum Gasteiger partial charge on any atom is -0.350 e. The zero-order chi connectivity index (χ0) is 19.5. The number of para-hydroxylation sites is 2. The Bertz CT molecular complexity index is 999. The highest BCUT2D eigenvalue weighted by atomic mass is 19.1. The van der Waals surface area contributed by atoms with Crippen LogP contribution in [0.1, 0.15) is 12.0 Å². The van der Waals surface area contributed by atoms with Crippen molar-refractivity contribution in [3.8, 4) is 0 Å². The fraction of sp³-hybridized carbons (Fsp3) is 0.286. The SMILES string of the molecule is O=C(Cn1cnc2ccccc21)N[C@@H]1CC(=O)N(CCc2ccc(F)cc2)C1. The molecule has 28 heavy (non-hydrogen) atoms. The van der Waals surface area contributed by atoms with Crippen molar-refractivity contribution in [2.75, 3.05) is 13.1 Å². The topological polar surface area (TPSA) is 67.2 Å². The number of carbonyl (C=O) groups is 2. The third kappa shape index (κ3) is 4.03. The highest BCUT2D eigenvalue weighted by Gasteiger charge is 2.30. The molecule has 1 fully saturated rings. The summed E-state index contributed by atoms with van der Waals surface area (Å²) >= 11 is 0. The van der Waals surface area contributed by atoms with E-state index < -0.39 is 0 Å². The van der Waals surface area contributed by atoms with E-state index in [1.807, 2.05) is 24.3 Å². The van der Waals surface area contributed by atoms with E-state index in [-0.39, 0.29) is 30.2 Å². The number of benzene rings is 2. The normalized spacial score (nSPS) is 16.7. The van der Waals surface area contributed by atoms with Gasteiger partial charge in [-0.3, -0.25) is 9.59 Å². The number of nitrogens with one attached hydrogen (secondary N) is 1. The van der Waals surface area contributed by atoms with Crippen molar-refractivity contribution in [1.82, 2.24) is 19.8 Å². The van der Waals surface area contributed by atoms with Crippen molar-refractivity contribution in [3.63, 3.8) is 0 Å². The zero-order valence-corrected chi connectivity index (χ0v) is 15.3. The van der Waals surface area contributed by atoms with Crippen LogP contribution in [0.15, 0.2) is 54.9 Å². The number of hydrogen-bond donors (Lipinski definition) is 1. The van der Waals surface area contributed by atoms with E-state index in [4.69, 9.17) is 0 Å². The fourth-order valence-electron chi connectivity index (χ4n) is 3.56. The predicted octanol–water partition coefficient (Wildman–Crippen LogP) is 2.14. The van der Waals surface area contributed by atoms with Crippen molar-refractivity contribution in [2.24, 2.45) is 0 Å². The van der Waals surface area contributed by atoms with Crippen LogP contribution in [0.25, 0.3) is 11.0 Å². The van der Waals surface area contributed by atoms with Gasteiger partial charge < -0.3 is 14.8 Å². The second-order valence-corrected chi connectivity index (χ2v) is 7.05. The van der Waals surface area contributed by atoms with Crippen molar-refractivity contribution < 1.29 is 14.0 Å². The van der Waals surface area contributed by atoms with Crippen molar-refractivity contribution >= 4 is 22.8 Å². The number of carbonyl (C=O) groups excluding carboxylic acids is 2. The van der Waals surface area contributed by atoms with Gasteiger partial charge in [0.05, 0.1) is 23.4 Å². The van der Waals surface area contributed by atoms with Gasteiger partial charge in [-0.25, -0.2) is 9.37 Å². The van der Waals surface area contributed by atoms with Crippen LogP contribution in [-0.2, 0) is 22.6 Å². The standard InChI is InChI=1S/C21H21FN4O2/c22-16-7-5-15(6-8-16)9-10-25-12-17(11-21(25)28)24-20(27)13-26-14-23-18-3-1-2-4-19(18)26/h1-8,14,17H,9-13H2,(H,24,27)/t17-/m1/s1. The number of hydrogen-bond acceptors (Lipinski definition) is 3. The lowest BCUT2D eigenvalue weighted by Gasteiger charge is -2.17. The van der Waals surface area contributed by atoms with E-state index >= 15 is 0 Å². The van der Waals surface area contributed by atoms with Crippen LogP contribution in [-0.4, -0.2) is 45.4 Å². The number of fused-ring (bicyclic) bond motifs is 1. The van der Waals surface area contributed by atoms with Crippen LogP contribution in [0, 0.1) is 5.82 Å². The molecule has 7 heteroatoms. The fourth-order valence-corrected chi connectivity index (χ4v) is 3.56. The molecule has 1 saturated heterocycles. The van der Waals surface area contributed by atoms with Crippen molar-refractivity contribution in [3.05, 3.63) is 66.2 Å². The molecule has 6 nitrogen and oxygen atoms in total. The molecule has 144 valence electrons. The van der Waals surface area contributed by atoms with Crippen LogP contribution < -0.4 is 5.32 Å². The summed E-state index contributed by atoms with van der Waals surface area (Å²) in [4.78, 5) is 30.7. The van der Waals surface area contributed by atoms with Gasteiger partial charge in [-0.15, -0.1) is 0 Å². The molecule has 0 saturated carbocycles. The lowest BCUT2D eigenvalue weighted by Crippen LogP contribution is -2.39. The quantitative estimate of drug-likeness (QED) is 0.712. The van der Waals surface area contributed by atoms with E-state index in [0.717, 1.165) is 16.6 Å². The number of aromatic nitrogens is 2. The number of amides is 2. The van der Waals surface area contributed by atoms with Gasteiger partial charge in [0, 0.05) is 19.5 Å². The highest BCUT2D eigenvalue weighted by Crippen LogP contribution is 2.14. The van der Waals surface area contributed by atoms with E-state index in [2.05, 4.69) is 10.3 Å². The molecule has 1 aliphatic heterocycles. The molecule has 0 unspecified atom stereocenters. The summed E-state index contributed by atoms with van der Waals surface area (Å²) in [5.74, 6) is -0.378. The summed E-state index contributed by atoms with van der Waals surface area (Å²) in [7, 11) is 0. The largest absolute Gasteiger partial charge is 0.350 e. The van der Waals surface area contributed by atoms with Crippen LogP contribution in [0.5, 0.6) is 0 Å². The summed E-state index contributed by atoms with van der Waals surface area (Å²) in [6, 6.07) is 13.7. The maximum absolute atomic E-state index is 13.0. The van der Waals surface area contributed by atoms with E-state index in [1.165, 1.54) is 12.1 Å². The van der Waals surface area contributed by atoms with Gasteiger partial charge in [-0.2, -0.15) is 0 Å². The van der Waals surface area contributed by atoms with Crippen LogP contribution >= 0.6 is 0 Å².